The Labute approximate surface area is 156 Å². The molecule has 0 aliphatic carbocycles. The molecule has 0 unspecified atom stereocenters. The van der Waals surface area contributed by atoms with Crippen LogP contribution in [0.5, 0.6) is 0 Å². The van der Waals surface area contributed by atoms with Gasteiger partial charge in [-0.2, -0.15) is 18.3 Å². The number of hydrogen-bond acceptors (Lipinski definition) is 5. The van der Waals surface area contributed by atoms with Crippen LogP contribution in [0.25, 0.3) is 11.3 Å². The van der Waals surface area contributed by atoms with E-state index in [1.54, 1.807) is 0 Å². The molecule has 10 heteroatoms. The number of hydrogen-bond donors (Lipinski definition) is 2. The first kappa shape index (κ1) is 18.2. The van der Waals surface area contributed by atoms with Crippen LogP contribution in [0.3, 0.4) is 0 Å². The minimum absolute atomic E-state index is 0.0408. The van der Waals surface area contributed by atoms with Crippen molar-refractivity contribution in [2.24, 2.45) is 0 Å². The molecule has 0 atom stereocenters. The summed E-state index contributed by atoms with van der Waals surface area (Å²) in [5.41, 5.74) is 1.71. The quantitative estimate of drug-likeness (QED) is 0.707. The first-order valence-electron chi connectivity index (χ1n) is 8.46. The second-order valence-corrected chi connectivity index (χ2v) is 6.54. The topological polar surface area (TPSA) is 95.2 Å². The summed E-state index contributed by atoms with van der Waals surface area (Å²) in [5.74, 6) is -0.391. The number of nitrogens with one attached hydrogen (secondary N) is 1. The number of carboxylic acids is 1. The number of carboxylic acid groups (broad SMARTS) is 1. The van der Waals surface area contributed by atoms with E-state index >= 15 is 0 Å². The molecule has 2 aromatic heterocycles. The Balaban J connectivity index is 1.57. The van der Waals surface area contributed by atoms with Crippen molar-refractivity contribution in [1.29, 1.82) is 0 Å². The van der Waals surface area contributed by atoms with Crippen molar-refractivity contribution < 1.29 is 27.6 Å². The predicted octanol–water partition coefficient (Wildman–Crippen LogP) is 3.34. The summed E-state index contributed by atoms with van der Waals surface area (Å²) >= 11 is 0. The smallest absolute Gasteiger partial charge is 0.416 e. The number of H-pyrrole nitrogens is 1. The van der Waals surface area contributed by atoms with E-state index in [0.29, 0.717) is 48.6 Å². The number of alkyl halides is 3. The summed E-state index contributed by atoms with van der Waals surface area (Å²) < 4.78 is 43.7. The molecule has 0 spiro atoms. The molecule has 0 bridgehead atoms. The van der Waals surface area contributed by atoms with Gasteiger partial charge in [-0.05, 0) is 12.1 Å². The van der Waals surface area contributed by atoms with Gasteiger partial charge in [-0.1, -0.05) is 17.3 Å². The standard InChI is InChI=1S/C18H15F3N4O3/c19-18(20,21)12-3-1-10(2-4-12)15-13-9-25(6-5-14(13)28-24-15)8-11-7-22-23-16(11)17(26)27/h1-4,7H,5-6,8-9H2,(H,22,23)(H,26,27). The van der Waals surface area contributed by atoms with Crippen LogP contribution in [0, 0.1) is 0 Å². The molecule has 0 fully saturated rings. The van der Waals surface area contributed by atoms with Crippen molar-refractivity contribution in [1.82, 2.24) is 20.3 Å². The van der Waals surface area contributed by atoms with Gasteiger partial charge in [-0.15, -0.1) is 0 Å². The van der Waals surface area contributed by atoms with Gasteiger partial charge in [0.05, 0.1) is 11.8 Å². The van der Waals surface area contributed by atoms with E-state index in [2.05, 4.69) is 15.4 Å². The molecule has 0 amide bonds. The highest BCUT2D eigenvalue weighted by molar-refractivity contribution is 5.86. The lowest BCUT2D eigenvalue weighted by Gasteiger charge is -2.25. The molecule has 3 heterocycles. The molecule has 1 aliphatic heterocycles. The third-order valence-electron chi connectivity index (χ3n) is 4.72. The summed E-state index contributed by atoms with van der Waals surface area (Å²) in [6.07, 6.45) is -2.35. The Morgan fingerprint density at radius 2 is 2.04 bits per heavy atom. The SMILES string of the molecule is O=C(O)c1[nH]ncc1CN1CCc2onc(-c3ccc(C(F)(F)F)cc3)c2C1. The number of aromatic nitrogens is 3. The number of halogens is 3. The van der Waals surface area contributed by atoms with Crippen LogP contribution in [-0.2, 0) is 25.7 Å². The lowest BCUT2D eigenvalue weighted by Crippen LogP contribution is -2.30. The molecule has 0 saturated heterocycles. The van der Waals surface area contributed by atoms with Gasteiger partial charge in [0.1, 0.15) is 17.1 Å². The van der Waals surface area contributed by atoms with Crippen molar-refractivity contribution in [2.45, 2.75) is 25.7 Å². The van der Waals surface area contributed by atoms with Crippen molar-refractivity contribution in [3.8, 4) is 11.3 Å². The van der Waals surface area contributed by atoms with Gasteiger partial charge in [0.2, 0.25) is 0 Å². The van der Waals surface area contributed by atoms with Crippen LogP contribution in [0.15, 0.2) is 35.0 Å². The monoisotopic (exact) mass is 392 g/mol. The average Bonchev–Trinajstić information content (AvgIpc) is 3.28. The van der Waals surface area contributed by atoms with Gasteiger partial charge in [0.15, 0.2) is 0 Å². The number of nitrogens with zero attached hydrogens (tertiary/aromatic N) is 3. The Hall–Kier alpha value is -3.14. The number of aromatic amines is 1. The highest BCUT2D eigenvalue weighted by Gasteiger charge is 2.31. The van der Waals surface area contributed by atoms with Crippen LogP contribution in [0.4, 0.5) is 13.2 Å². The molecule has 2 N–H and O–H groups in total. The van der Waals surface area contributed by atoms with E-state index < -0.39 is 17.7 Å². The number of rotatable bonds is 4. The number of carbonyl (C=O) groups is 1. The highest BCUT2D eigenvalue weighted by atomic mass is 19.4. The molecule has 146 valence electrons. The Bertz CT molecular complexity index is 1010. The third-order valence-corrected chi connectivity index (χ3v) is 4.72. The molecular formula is C18H15F3N4O3. The fourth-order valence-corrected chi connectivity index (χ4v) is 3.30. The average molecular weight is 392 g/mol. The maximum absolute atomic E-state index is 12.8. The van der Waals surface area contributed by atoms with Gasteiger partial charge < -0.3 is 9.63 Å². The summed E-state index contributed by atoms with van der Waals surface area (Å²) in [6, 6.07) is 4.78. The second kappa shape index (κ2) is 6.79. The Morgan fingerprint density at radius 3 is 2.71 bits per heavy atom. The minimum Gasteiger partial charge on any atom is -0.477 e. The molecule has 7 nitrogen and oxygen atoms in total. The van der Waals surface area contributed by atoms with Crippen molar-refractivity contribution in [3.63, 3.8) is 0 Å². The predicted molar refractivity (Wildman–Crippen MR) is 90.3 cm³/mol. The number of benzene rings is 1. The van der Waals surface area contributed by atoms with E-state index in [4.69, 9.17) is 4.52 Å². The van der Waals surface area contributed by atoms with Gasteiger partial charge in [-0.3, -0.25) is 10.00 Å². The van der Waals surface area contributed by atoms with Crippen LogP contribution in [0.1, 0.15) is 32.9 Å². The first-order chi connectivity index (χ1) is 13.3. The van der Waals surface area contributed by atoms with E-state index in [1.807, 2.05) is 4.90 Å². The summed E-state index contributed by atoms with van der Waals surface area (Å²) in [6.45, 7) is 1.45. The lowest BCUT2D eigenvalue weighted by molar-refractivity contribution is -0.137. The number of fused-ring (bicyclic) bond motifs is 1. The fraction of sp³-hybridized carbons (Fsp3) is 0.278. The largest absolute Gasteiger partial charge is 0.477 e. The van der Waals surface area contributed by atoms with E-state index in [1.165, 1.54) is 18.3 Å². The molecule has 0 radical (unpaired) electrons. The van der Waals surface area contributed by atoms with Crippen LogP contribution in [0.2, 0.25) is 0 Å². The van der Waals surface area contributed by atoms with Gasteiger partial charge >= 0.3 is 12.1 Å². The van der Waals surface area contributed by atoms with Crippen molar-refractivity contribution in [2.75, 3.05) is 6.54 Å². The number of aromatic carboxylic acids is 1. The van der Waals surface area contributed by atoms with Crippen LogP contribution in [-0.4, -0.2) is 37.9 Å². The second-order valence-electron chi connectivity index (χ2n) is 6.54. The van der Waals surface area contributed by atoms with Crippen molar-refractivity contribution in [3.05, 3.63) is 58.6 Å². The zero-order valence-corrected chi connectivity index (χ0v) is 14.5. The Morgan fingerprint density at radius 1 is 1.29 bits per heavy atom. The zero-order valence-electron chi connectivity index (χ0n) is 14.5. The van der Waals surface area contributed by atoms with Gasteiger partial charge in [0, 0.05) is 42.7 Å². The normalized spacial score (nSPS) is 14.8. The summed E-state index contributed by atoms with van der Waals surface area (Å²) in [4.78, 5) is 13.2. The van der Waals surface area contributed by atoms with Gasteiger partial charge in [0.25, 0.3) is 0 Å². The maximum atomic E-state index is 12.8. The minimum atomic E-state index is -4.40. The summed E-state index contributed by atoms with van der Waals surface area (Å²) in [5, 5.41) is 19.5. The fourth-order valence-electron chi connectivity index (χ4n) is 3.30. The molecular weight excluding hydrogens is 377 g/mol. The van der Waals surface area contributed by atoms with Gasteiger partial charge in [-0.25, -0.2) is 4.79 Å². The third kappa shape index (κ3) is 3.38. The maximum Gasteiger partial charge on any atom is 0.416 e. The molecule has 3 aromatic rings. The molecule has 1 aromatic carbocycles. The van der Waals surface area contributed by atoms with Crippen LogP contribution < -0.4 is 0 Å². The molecule has 0 saturated carbocycles. The molecule has 4 rings (SSSR count). The van der Waals surface area contributed by atoms with E-state index in [0.717, 1.165) is 17.7 Å². The molecule has 1 aliphatic rings. The first-order valence-corrected chi connectivity index (χ1v) is 8.46. The van der Waals surface area contributed by atoms with E-state index in [-0.39, 0.29) is 5.69 Å². The highest BCUT2D eigenvalue weighted by Crippen LogP contribution is 2.34. The molecule has 28 heavy (non-hydrogen) atoms. The lowest BCUT2D eigenvalue weighted by atomic mass is 10.00. The Kier molecular flexibility index (Phi) is 4.42. The summed E-state index contributed by atoms with van der Waals surface area (Å²) in [7, 11) is 0. The van der Waals surface area contributed by atoms with Crippen molar-refractivity contribution >= 4 is 5.97 Å². The van der Waals surface area contributed by atoms with Crippen LogP contribution >= 0.6 is 0 Å². The van der Waals surface area contributed by atoms with E-state index in [9.17, 15) is 23.1 Å². The zero-order chi connectivity index (χ0) is 19.9.